The molecular weight excluding hydrogens is 500 g/mol. The molecular formula is C22H25F5NO6P. The Balaban J connectivity index is 2.36. The molecule has 0 aromatic heterocycles. The molecule has 0 saturated carbocycles. The number of carbonyl (C=O) groups excluding carboxylic acids is 1. The number of rotatable bonds is 10. The third-order valence-electron chi connectivity index (χ3n) is 4.63. The zero-order chi connectivity index (χ0) is 26.6. The summed E-state index contributed by atoms with van der Waals surface area (Å²) in [5.41, 5.74) is 0.597. The zero-order valence-electron chi connectivity index (χ0n) is 19.6. The van der Waals surface area contributed by atoms with Crippen molar-refractivity contribution in [3.63, 3.8) is 0 Å². The summed E-state index contributed by atoms with van der Waals surface area (Å²) in [5, 5.41) is 2.01. The second-order valence-electron chi connectivity index (χ2n) is 8.42. The van der Waals surface area contributed by atoms with Crippen LogP contribution in [0.4, 0.5) is 22.0 Å². The van der Waals surface area contributed by atoms with Crippen molar-refractivity contribution in [2.45, 2.75) is 39.2 Å². The fourth-order valence-corrected chi connectivity index (χ4v) is 3.80. The number of esters is 1. The SMILES string of the molecule is COC(C)COC(=O)CNP(=O)(Oc1ccc(C(C)(C)C)cc1)Oc1c(F)c(F)c(F)c(F)c1F. The normalized spacial score (nSPS) is 14.2. The summed E-state index contributed by atoms with van der Waals surface area (Å²) in [6.07, 6.45) is -0.465. The maximum atomic E-state index is 14.1. The van der Waals surface area contributed by atoms with Crippen LogP contribution in [-0.4, -0.2) is 32.3 Å². The van der Waals surface area contributed by atoms with E-state index in [1.807, 2.05) is 25.9 Å². The molecule has 0 bridgehead atoms. The molecule has 1 N–H and O–H groups in total. The average Bonchev–Trinajstić information content (AvgIpc) is 2.81. The van der Waals surface area contributed by atoms with Crippen LogP contribution >= 0.6 is 7.75 Å². The molecule has 0 saturated heterocycles. The predicted molar refractivity (Wildman–Crippen MR) is 116 cm³/mol. The van der Waals surface area contributed by atoms with Crippen molar-refractivity contribution in [1.29, 1.82) is 0 Å². The van der Waals surface area contributed by atoms with Crippen LogP contribution in [0, 0.1) is 29.1 Å². The van der Waals surface area contributed by atoms with Crippen LogP contribution < -0.4 is 14.1 Å². The molecule has 0 amide bonds. The molecule has 0 heterocycles. The monoisotopic (exact) mass is 525 g/mol. The van der Waals surface area contributed by atoms with Crippen LogP contribution in [0.2, 0.25) is 0 Å². The van der Waals surface area contributed by atoms with E-state index in [4.69, 9.17) is 14.0 Å². The molecule has 0 radical (unpaired) electrons. The van der Waals surface area contributed by atoms with Crippen LogP contribution in [0.15, 0.2) is 24.3 Å². The summed E-state index contributed by atoms with van der Waals surface area (Å²) in [7, 11) is -3.58. The highest BCUT2D eigenvalue weighted by atomic mass is 31.2. The molecule has 194 valence electrons. The number of carbonyl (C=O) groups is 1. The van der Waals surface area contributed by atoms with Gasteiger partial charge in [0.15, 0.2) is 0 Å². The van der Waals surface area contributed by atoms with E-state index in [2.05, 4.69) is 4.52 Å². The van der Waals surface area contributed by atoms with Crippen molar-refractivity contribution in [3.8, 4) is 11.5 Å². The maximum absolute atomic E-state index is 14.1. The van der Waals surface area contributed by atoms with E-state index in [1.165, 1.54) is 19.2 Å². The highest BCUT2D eigenvalue weighted by molar-refractivity contribution is 7.52. The van der Waals surface area contributed by atoms with Gasteiger partial charge in [-0.3, -0.25) is 4.79 Å². The van der Waals surface area contributed by atoms with Crippen LogP contribution in [0.5, 0.6) is 11.5 Å². The number of halogens is 5. The summed E-state index contributed by atoms with van der Waals surface area (Å²) < 4.78 is 102. The van der Waals surface area contributed by atoms with Gasteiger partial charge in [-0.25, -0.2) is 17.7 Å². The van der Waals surface area contributed by atoms with Gasteiger partial charge >= 0.3 is 13.7 Å². The minimum atomic E-state index is -4.95. The van der Waals surface area contributed by atoms with Gasteiger partial charge in [-0.2, -0.15) is 13.9 Å². The largest absolute Gasteiger partial charge is 0.513 e. The second-order valence-corrected chi connectivity index (χ2v) is 10.1. The molecule has 2 rings (SSSR count). The lowest BCUT2D eigenvalue weighted by Crippen LogP contribution is -2.29. The van der Waals surface area contributed by atoms with Crippen molar-refractivity contribution in [2.75, 3.05) is 20.3 Å². The number of benzene rings is 2. The van der Waals surface area contributed by atoms with E-state index in [0.717, 1.165) is 5.56 Å². The van der Waals surface area contributed by atoms with Gasteiger partial charge in [-0.15, -0.1) is 0 Å². The van der Waals surface area contributed by atoms with E-state index < -0.39 is 61.2 Å². The van der Waals surface area contributed by atoms with Crippen molar-refractivity contribution in [2.24, 2.45) is 0 Å². The van der Waals surface area contributed by atoms with E-state index >= 15 is 0 Å². The van der Waals surface area contributed by atoms with E-state index in [9.17, 15) is 31.3 Å². The minimum absolute atomic E-state index is 0.140. The van der Waals surface area contributed by atoms with Crippen molar-refractivity contribution >= 4 is 13.7 Å². The van der Waals surface area contributed by atoms with Gasteiger partial charge in [0.05, 0.1) is 6.10 Å². The Bertz CT molecular complexity index is 1080. The van der Waals surface area contributed by atoms with Gasteiger partial charge in [0.25, 0.3) is 0 Å². The van der Waals surface area contributed by atoms with Crippen LogP contribution in [-0.2, 0) is 24.2 Å². The average molecular weight is 525 g/mol. The first-order valence-corrected chi connectivity index (χ1v) is 11.8. The number of methoxy groups -OCH3 is 1. The van der Waals surface area contributed by atoms with Gasteiger partial charge in [-0.05, 0) is 30.0 Å². The molecule has 0 fully saturated rings. The lowest BCUT2D eigenvalue weighted by atomic mass is 9.87. The molecule has 2 unspecified atom stereocenters. The molecule has 0 aliphatic carbocycles. The van der Waals surface area contributed by atoms with Gasteiger partial charge in [-0.1, -0.05) is 32.9 Å². The van der Waals surface area contributed by atoms with Gasteiger partial charge in [0, 0.05) is 7.11 Å². The standard InChI is InChI=1S/C22H25F5NO6P/c1-12(31-5)11-32-15(29)10-28-35(30,33-14-8-6-13(7-9-14)22(2,3)4)34-21-19(26)17(24)16(23)18(25)20(21)27/h6-9,12H,10-11H2,1-5H3,(H,28,30). The third-order valence-corrected chi connectivity index (χ3v) is 6.04. The Labute approximate surface area is 199 Å². The molecule has 2 aromatic rings. The smallest absolute Gasteiger partial charge is 0.462 e. The molecule has 2 atom stereocenters. The van der Waals surface area contributed by atoms with Gasteiger partial charge in [0.2, 0.25) is 34.8 Å². The first-order chi connectivity index (χ1) is 16.2. The number of nitrogens with one attached hydrogen (secondary N) is 1. The first kappa shape index (κ1) is 28.5. The molecule has 0 aliphatic heterocycles. The summed E-state index contributed by atoms with van der Waals surface area (Å²) in [6, 6.07) is 5.93. The Hall–Kier alpha value is -2.69. The Kier molecular flexibility index (Phi) is 9.27. The van der Waals surface area contributed by atoms with Gasteiger partial charge < -0.3 is 18.5 Å². The molecule has 0 aliphatic rings. The summed E-state index contributed by atoms with van der Waals surface area (Å²) in [4.78, 5) is 12.0. The van der Waals surface area contributed by atoms with Crippen molar-refractivity contribution in [3.05, 3.63) is 58.9 Å². The molecule has 2 aromatic carbocycles. The molecule has 35 heavy (non-hydrogen) atoms. The number of ether oxygens (including phenoxy) is 2. The van der Waals surface area contributed by atoms with Gasteiger partial charge in [0.1, 0.15) is 18.9 Å². The zero-order valence-corrected chi connectivity index (χ0v) is 20.5. The van der Waals surface area contributed by atoms with E-state index in [1.54, 1.807) is 19.1 Å². The van der Waals surface area contributed by atoms with E-state index in [-0.39, 0.29) is 17.8 Å². The number of hydrogen-bond donors (Lipinski definition) is 1. The number of hydrogen-bond acceptors (Lipinski definition) is 6. The molecule has 7 nitrogen and oxygen atoms in total. The maximum Gasteiger partial charge on any atom is 0.513 e. The summed E-state index contributed by atoms with van der Waals surface area (Å²) in [5.74, 6) is -14.8. The van der Waals surface area contributed by atoms with Crippen molar-refractivity contribution in [1.82, 2.24) is 5.09 Å². The highest BCUT2D eigenvalue weighted by Crippen LogP contribution is 2.47. The fraction of sp³-hybridized carbons (Fsp3) is 0.409. The van der Waals surface area contributed by atoms with Crippen LogP contribution in [0.3, 0.4) is 0 Å². The lowest BCUT2D eigenvalue weighted by Gasteiger charge is -2.22. The lowest BCUT2D eigenvalue weighted by molar-refractivity contribution is -0.145. The summed E-state index contributed by atoms with van der Waals surface area (Å²) in [6.45, 7) is 6.35. The first-order valence-electron chi connectivity index (χ1n) is 10.2. The second kappa shape index (κ2) is 11.4. The molecule has 13 heteroatoms. The highest BCUT2D eigenvalue weighted by Gasteiger charge is 2.36. The minimum Gasteiger partial charge on any atom is -0.462 e. The summed E-state index contributed by atoms with van der Waals surface area (Å²) >= 11 is 0. The van der Waals surface area contributed by atoms with Crippen LogP contribution in [0.1, 0.15) is 33.3 Å². The van der Waals surface area contributed by atoms with Crippen molar-refractivity contribution < 1.29 is 49.8 Å². The molecule has 0 spiro atoms. The Morgan fingerprint density at radius 1 is 0.943 bits per heavy atom. The van der Waals surface area contributed by atoms with Crippen LogP contribution in [0.25, 0.3) is 0 Å². The topological polar surface area (TPSA) is 83.1 Å². The Morgan fingerprint density at radius 3 is 1.94 bits per heavy atom. The van der Waals surface area contributed by atoms with E-state index in [0.29, 0.717) is 0 Å². The predicted octanol–water partition coefficient (Wildman–Crippen LogP) is 5.41. The Morgan fingerprint density at radius 2 is 1.46 bits per heavy atom. The fourth-order valence-electron chi connectivity index (χ4n) is 2.51. The quantitative estimate of drug-likeness (QED) is 0.146. The third kappa shape index (κ3) is 7.39.